The van der Waals surface area contributed by atoms with Crippen molar-refractivity contribution in [3.63, 3.8) is 0 Å². The van der Waals surface area contributed by atoms with Crippen molar-refractivity contribution in [1.29, 1.82) is 0 Å². The molecule has 2 N–H and O–H groups in total. The highest BCUT2D eigenvalue weighted by molar-refractivity contribution is 5.46. The Labute approximate surface area is 81.6 Å². The molecule has 0 aliphatic rings. The van der Waals surface area contributed by atoms with Crippen LogP contribution in [0.1, 0.15) is 5.69 Å². The summed E-state index contributed by atoms with van der Waals surface area (Å²) >= 11 is 0. The van der Waals surface area contributed by atoms with Crippen molar-refractivity contribution in [3.8, 4) is 11.5 Å². The van der Waals surface area contributed by atoms with Crippen molar-refractivity contribution >= 4 is 0 Å². The lowest BCUT2D eigenvalue weighted by atomic mass is 10.4. The third kappa shape index (κ3) is 1.77. The van der Waals surface area contributed by atoms with Crippen LogP contribution in [0, 0.1) is 0 Å². The lowest BCUT2D eigenvalue weighted by Gasteiger charge is -1.94. The maximum atomic E-state index is 4.21. The molecular weight excluding hydrogens is 178 g/mol. The normalized spacial score (nSPS) is 10.4. The second kappa shape index (κ2) is 3.97. The second-order valence-electron chi connectivity index (χ2n) is 2.88. The molecule has 0 saturated heterocycles. The van der Waals surface area contributed by atoms with Crippen LogP contribution < -0.4 is 5.32 Å². The second-order valence-corrected chi connectivity index (χ2v) is 2.88. The molecule has 0 fully saturated rings. The predicted molar refractivity (Wildman–Crippen MR) is 52.4 cm³/mol. The molecule has 0 aromatic carbocycles. The summed E-state index contributed by atoms with van der Waals surface area (Å²) < 4.78 is 0. The third-order valence-electron chi connectivity index (χ3n) is 1.80. The van der Waals surface area contributed by atoms with Gasteiger partial charge in [-0.3, -0.25) is 4.98 Å². The maximum Gasteiger partial charge on any atom is 0.157 e. The van der Waals surface area contributed by atoms with Crippen molar-refractivity contribution in [1.82, 2.24) is 25.3 Å². The average molecular weight is 189 g/mol. The van der Waals surface area contributed by atoms with E-state index < -0.39 is 0 Å². The fraction of sp³-hybridized carbons (Fsp3) is 0.222. The molecule has 0 spiro atoms. The molecule has 2 heterocycles. The van der Waals surface area contributed by atoms with Crippen molar-refractivity contribution in [2.75, 3.05) is 7.05 Å². The van der Waals surface area contributed by atoms with Crippen LogP contribution in [0.4, 0.5) is 0 Å². The highest BCUT2D eigenvalue weighted by Crippen LogP contribution is 2.10. The zero-order chi connectivity index (χ0) is 9.80. The van der Waals surface area contributed by atoms with Crippen molar-refractivity contribution in [3.05, 3.63) is 30.5 Å². The molecule has 0 aliphatic carbocycles. The van der Waals surface area contributed by atoms with Crippen LogP contribution in [0.25, 0.3) is 11.5 Å². The monoisotopic (exact) mass is 189 g/mol. The summed E-state index contributed by atoms with van der Waals surface area (Å²) in [6.45, 7) is 0.771. The number of aromatic nitrogens is 4. The van der Waals surface area contributed by atoms with Gasteiger partial charge in [-0.05, 0) is 7.05 Å². The van der Waals surface area contributed by atoms with Crippen LogP contribution in [0.15, 0.2) is 24.8 Å². The summed E-state index contributed by atoms with van der Waals surface area (Å²) in [7, 11) is 1.89. The Balaban J connectivity index is 2.25. The first-order valence-electron chi connectivity index (χ1n) is 4.35. The van der Waals surface area contributed by atoms with Gasteiger partial charge in [0.05, 0.1) is 12.4 Å². The highest BCUT2D eigenvalue weighted by atomic mass is 15.0. The molecule has 0 bridgehead atoms. The molecule has 0 saturated carbocycles. The standard InChI is InChI=1S/C9H11N5/c1-10-4-7-5-13-9(14-7)8-6-11-2-3-12-8/h2-3,5-6,10H,4H2,1H3,(H,13,14). The lowest BCUT2D eigenvalue weighted by molar-refractivity contribution is 0.797. The predicted octanol–water partition coefficient (Wildman–Crippen LogP) is 0.586. The molecule has 0 atom stereocenters. The van der Waals surface area contributed by atoms with Gasteiger partial charge in [-0.2, -0.15) is 0 Å². The first-order valence-corrected chi connectivity index (χ1v) is 4.35. The van der Waals surface area contributed by atoms with Crippen LogP contribution in [0.2, 0.25) is 0 Å². The van der Waals surface area contributed by atoms with Gasteiger partial charge >= 0.3 is 0 Å². The smallest absolute Gasteiger partial charge is 0.157 e. The van der Waals surface area contributed by atoms with Crippen molar-refractivity contribution in [2.24, 2.45) is 0 Å². The number of imidazole rings is 1. The van der Waals surface area contributed by atoms with Crippen LogP contribution >= 0.6 is 0 Å². The third-order valence-corrected chi connectivity index (χ3v) is 1.80. The van der Waals surface area contributed by atoms with Gasteiger partial charge in [0.1, 0.15) is 5.69 Å². The zero-order valence-electron chi connectivity index (χ0n) is 7.86. The van der Waals surface area contributed by atoms with Crippen LogP contribution in [-0.4, -0.2) is 27.0 Å². The Morgan fingerprint density at radius 2 is 2.21 bits per heavy atom. The molecule has 0 amide bonds. The summed E-state index contributed by atoms with van der Waals surface area (Å²) in [6, 6.07) is 0. The number of aromatic amines is 1. The number of nitrogens with zero attached hydrogens (tertiary/aromatic N) is 3. The number of nitrogens with one attached hydrogen (secondary N) is 2. The largest absolute Gasteiger partial charge is 0.339 e. The topological polar surface area (TPSA) is 66.5 Å². The van der Waals surface area contributed by atoms with Gasteiger partial charge in [-0.15, -0.1) is 0 Å². The Hall–Kier alpha value is -1.75. The van der Waals surface area contributed by atoms with Gasteiger partial charge in [0.25, 0.3) is 0 Å². The molecule has 2 aromatic heterocycles. The van der Waals surface area contributed by atoms with E-state index in [9.17, 15) is 0 Å². The molecule has 2 rings (SSSR count). The molecule has 0 aliphatic heterocycles. The van der Waals surface area contributed by atoms with E-state index in [-0.39, 0.29) is 0 Å². The summed E-state index contributed by atoms with van der Waals surface area (Å²) in [6.07, 6.45) is 6.76. The van der Waals surface area contributed by atoms with Crippen molar-refractivity contribution < 1.29 is 0 Å². The minimum Gasteiger partial charge on any atom is -0.339 e. The fourth-order valence-electron chi connectivity index (χ4n) is 1.19. The lowest BCUT2D eigenvalue weighted by Crippen LogP contribution is -2.04. The molecule has 0 radical (unpaired) electrons. The first-order chi connectivity index (χ1) is 6.90. The molecule has 5 heteroatoms. The molecule has 72 valence electrons. The fourth-order valence-corrected chi connectivity index (χ4v) is 1.19. The summed E-state index contributed by atoms with van der Waals surface area (Å²) in [5.41, 5.74) is 1.79. The molecule has 2 aromatic rings. The van der Waals surface area contributed by atoms with Gasteiger partial charge in [-0.1, -0.05) is 0 Å². The molecule has 5 nitrogen and oxygen atoms in total. The van der Waals surface area contributed by atoms with E-state index in [1.807, 2.05) is 7.05 Å². The van der Waals surface area contributed by atoms with Gasteiger partial charge in [0, 0.05) is 24.6 Å². The zero-order valence-corrected chi connectivity index (χ0v) is 7.86. The van der Waals surface area contributed by atoms with E-state index in [0.29, 0.717) is 0 Å². The average Bonchev–Trinajstić information content (AvgIpc) is 2.68. The molecule has 0 unspecified atom stereocenters. The SMILES string of the molecule is CNCc1cnc(-c2cnccn2)[nH]1. The van der Waals surface area contributed by atoms with Gasteiger partial charge in [-0.25, -0.2) is 9.97 Å². The van der Waals surface area contributed by atoms with E-state index in [4.69, 9.17) is 0 Å². The molecular formula is C9H11N5. The Kier molecular flexibility index (Phi) is 2.51. The van der Waals surface area contributed by atoms with E-state index >= 15 is 0 Å². The molecule has 14 heavy (non-hydrogen) atoms. The maximum absolute atomic E-state index is 4.21. The van der Waals surface area contributed by atoms with E-state index in [0.717, 1.165) is 23.8 Å². The summed E-state index contributed by atoms with van der Waals surface area (Å²) in [5, 5.41) is 3.04. The van der Waals surface area contributed by atoms with Crippen molar-refractivity contribution in [2.45, 2.75) is 6.54 Å². The van der Waals surface area contributed by atoms with E-state index in [1.165, 1.54) is 0 Å². The highest BCUT2D eigenvalue weighted by Gasteiger charge is 2.03. The number of H-pyrrole nitrogens is 1. The van der Waals surface area contributed by atoms with E-state index in [1.54, 1.807) is 24.8 Å². The minimum atomic E-state index is 0.753. The van der Waals surface area contributed by atoms with Crippen LogP contribution in [-0.2, 0) is 6.54 Å². The van der Waals surface area contributed by atoms with Crippen LogP contribution in [0.3, 0.4) is 0 Å². The Morgan fingerprint density at radius 1 is 1.29 bits per heavy atom. The van der Waals surface area contributed by atoms with Gasteiger partial charge in [0.15, 0.2) is 5.82 Å². The number of rotatable bonds is 3. The quantitative estimate of drug-likeness (QED) is 0.741. The minimum absolute atomic E-state index is 0.753. The van der Waals surface area contributed by atoms with Gasteiger partial charge < -0.3 is 10.3 Å². The Bertz CT molecular complexity index is 395. The van der Waals surface area contributed by atoms with Gasteiger partial charge in [0.2, 0.25) is 0 Å². The van der Waals surface area contributed by atoms with Crippen LogP contribution in [0.5, 0.6) is 0 Å². The summed E-state index contributed by atoms with van der Waals surface area (Å²) in [5.74, 6) is 0.753. The Morgan fingerprint density at radius 3 is 2.93 bits per heavy atom. The summed E-state index contributed by atoms with van der Waals surface area (Å²) in [4.78, 5) is 15.5. The number of hydrogen-bond acceptors (Lipinski definition) is 4. The van der Waals surface area contributed by atoms with E-state index in [2.05, 4.69) is 25.3 Å². The number of hydrogen-bond donors (Lipinski definition) is 2. The first kappa shape index (κ1) is 8.83.